The molecule has 0 aromatic heterocycles. The van der Waals surface area contributed by atoms with Crippen molar-refractivity contribution >= 4 is 37.4 Å². The van der Waals surface area contributed by atoms with Crippen molar-refractivity contribution in [1.82, 2.24) is 0 Å². The smallest absolute Gasteiger partial charge is 0.238 e. The zero-order valence-electron chi connectivity index (χ0n) is 15.2. The van der Waals surface area contributed by atoms with E-state index in [4.69, 9.17) is 10.2 Å². The van der Waals surface area contributed by atoms with Crippen molar-refractivity contribution in [3.63, 3.8) is 0 Å². The molecular formula is C21H18BrN3O3S. The van der Waals surface area contributed by atoms with Crippen LogP contribution in [0, 0.1) is 0 Å². The summed E-state index contributed by atoms with van der Waals surface area (Å²) in [6, 6.07) is 21.1. The van der Waals surface area contributed by atoms with Gasteiger partial charge in [0.15, 0.2) is 0 Å². The fourth-order valence-electron chi connectivity index (χ4n) is 3.37. The van der Waals surface area contributed by atoms with Crippen LogP contribution >= 0.6 is 15.9 Å². The Morgan fingerprint density at radius 1 is 1.00 bits per heavy atom. The maximum atomic E-state index is 11.6. The number of aromatic hydroxyl groups is 1. The third-order valence-electron chi connectivity index (χ3n) is 4.81. The van der Waals surface area contributed by atoms with Crippen LogP contribution in [0.3, 0.4) is 0 Å². The zero-order valence-corrected chi connectivity index (χ0v) is 17.6. The third-order valence-corrected chi connectivity index (χ3v) is 6.27. The van der Waals surface area contributed by atoms with Crippen LogP contribution in [0.25, 0.3) is 0 Å². The van der Waals surface area contributed by atoms with Gasteiger partial charge in [-0.25, -0.2) is 13.6 Å². The van der Waals surface area contributed by atoms with Crippen molar-refractivity contribution < 1.29 is 13.5 Å². The first-order valence-corrected chi connectivity index (χ1v) is 11.2. The summed E-state index contributed by atoms with van der Waals surface area (Å²) in [5, 5.41) is 22.2. The lowest BCUT2D eigenvalue weighted by atomic mass is 9.97. The second-order valence-corrected chi connectivity index (χ2v) is 9.19. The van der Waals surface area contributed by atoms with Gasteiger partial charge in [-0.05, 0) is 48.0 Å². The molecule has 148 valence electrons. The summed E-state index contributed by atoms with van der Waals surface area (Å²) in [6.45, 7) is 0. The molecule has 0 fully saturated rings. The van der Waals surface area contributed by atoms with Crippen LogP contribution in [-0.4, -0.2) is 19.2 Å². The number of nitrogens with zero attached hydrogens (tertiary/aromatic N) is 2. The highest BCUT2D eigenvalue weighted by Crippen LogP contribution is 2.40. The largest absolute Gasteiger partial charge is 0.508 e. The van der Waals surface area contributed by atoms with Gasteiger partial charge >= 0.3 is 0 Å². The number of primary sulfonamides is 1. The van der Waals surface area contributed by atoms with Crippen LogP contribution in [0.4, 0.5) is 5.69 Å². The van der Waals surface area contributed by atoms with E-state index in [-0.39, 0.29) is 16.7 Å². The molecule has 3 aromatic carbocycles. The summed E-state index contributed by atoms with van der Waals surface area (Å²) in [5.41, 5.74) is 3.32. The van der Waals surface area contributed by atoms with E-state index in [1.165, 1.54) is 12.1 Å². The number of para-hydroxylation sites is 1. The summed E-state index contributed by atoms with van der Waals surface area (Å²) < 4.78 is 24.1. The van der Waals surface area contributed by atoms with Gasteiger partial charge in [0, 0.05) is 16.5 Å². The molecule has 1 unspecified atom stereocenters. The number of benzene rings is 3. The number of hydrogen-bond donors (Lipinski definition) is 2. The van der Waals surface area contributed by atoms with Crippen LogP contribution in [0.2, 0.25) is 0 Å². The predicted molar refractivity (Wildman–Crippen MR) is 116 cm³/mol. The molecule has 3 N–H and O–H groups in total. The van der Waals surface area contributed by atoms with E-state index in [1.807, 2.05) is 36.4 Å². The van der Waals surface area contributed by atoms with Gasteiger partial charge in [0.05, 0.1) is 22.3 Å². The highest BCUT2D eigenvalue weighted by Gasteiger charge is 2.31. The van der Waals surface area contributed by atoms with Gasteiger partial charge in [0.2, 0.25) is 10.0 Å². The lowest BCUT2D eigenvalue weighted by Crippen LogP contribution is -2.19. The minimum Gasteiger partial charge on any atom is -0.508 e. The molecule has 1 aliphatic heterocycles. The number of hydrogen-bond acceptors (Lipinski definition) is 5. The number of phenolic OH excluding ortho intramolecular Hbond substituents is 1. The molecule has 1 aliphatic rings. The first kappa shape index (κ1) is 19.6. The SMILES string of the molecule is NS(=O)(=O)c1ccc(N2N=C(c3ccc(Br)cc3)CC2c2ccccc2O)cc1. The molecule has 0 saturated carbocycles. The molecular weight excluding hydrogens is 454 g/mol. The van der Waals surface area contributed by atoms with Crippen molar-refractivity contribution in [1.29, 1.82) is 0 Å². The molecule has 0 bridgehead atoms. The van der Waals surface area contributed by atoms with Gasteiger partial charge in [0.1, 0.15) is 5.75 Å². The lowest BCUT2D eigenvalue weighted by Gasteiger charge is -2.24. The molecule has 0 aliphatic carbocycles. The van der Waals surface area contributed by atoms with E-state index in [2.05, 4.69) is 15.9 Å². The molecule has 8 heteroatoms. The molecule has 0 radical (unpaired) electrons. The maximum Gasteiger partial charge on any atom is 0.238 e. The van der Waals surface area contributed by atoms with Gasteiger partial charge in [-0.2, -0.15) is 5.10 Å². The topological polar surface area (TPSA) is 96.0 Å². The number of sulfonamides is 1. The molecule has 1 heterocycles. The number of rotatable bonds is 4. The fourth-order valence-corrected chi connectivity index (χ4v) is 4.15. The van der Waals surface area contributed by atoms with E-state index < -0.39 is 10.0 Å². The first-order valence-electron chi connectivity index (χ1n) is 8.86. The fraction of sp³-hybridized carbons (Fsp3) is 0.0952. The maximum absolute atomic E-state index is 11.6. The van der Waals surface area contributed by atoms with Crippen molar-refractivity contribution in [3.05, 3.63) is 88.4 Å². The van der Waals surface area contributed by atoms with Crippen LogP contribution in [-0.2, 0) is 10.0 Å². The second kappa shape index (κ2) is 7.62. The first-order chi connectivity index (χ1) is 13.8. The van der Waals surface area contributed by atoms with Crippen LogP contribution in [0.5, 0.6) is 5.75 Å². The van der Waals surface area contributed by atoms with E-state index in [0.717, 1.165) is 21.3 Å². The molecule has 29 heavy (non-hydrogen) atoms. The monoisotopic (exact) mass is 471 g/mol. The van der Waals surface area contributed by atoms with E-state index >= 15 is 0 Å². The normalized spacial score (nSPS) is 16.7. The summed E-state index contributed by atoms with van der Waals surface area (Å²) in [4.78, 5) is 0.0386. The minimum atomic E-state index is -3.77. The highest BCUT2D eigenvalue weighted by atomic mass is 79.9. The Bertz CT molecular complexity index is 1180. The Morgan fingerprint density at radius 3 is 2.28 bits per heavy atom. The Labute approximate surface area is 177 Å². The average Bonchev–Trinajstić information content (AvgIpc) is 3.13. The molecule has 4 rings (SSSR count). The number of halogens is 1. The Hall–Kier alpha value is -2.68. The van der Waals surface area contributed by atoms with Gasteiger partial charge in [-0.3, -0.25) is 5.01 Å². The number of nitrogens with two attached hydrogens (primary N) is 1. The van der Waals surface area contributed by atoms with Crippen LogP contribution < -0.4 is 10.1 Å². The molecule has 1 atom stereocenters. The van der Waals surface area contributed by atoms with E-state index in [0.29, 0.717) is 12.1 Å². The predicted octanol–water partition coefficient (Wildman–Crippen LogP) is 4.16. The lowest BCUT2D eigenvalue weighted by molar-refractivity contribution is 0.461. The molecule has 0 saturated heterocycles. The van der Waals surface area contributed by atoms with Crippen molar-refractivity contribution in [2.75, 3.05) is 5.01 Å². The highest BCUT2D eigenvalue weighted by molar-refractivity contribution is 9.10. The van der Waals surface area contributed by atoms with Crippen molar-refractivity contribution in [2.45, 2.75) is 17.4 Å². The Balaban J connectivity index is 1.77. The second-order valence-electron chi connectivity index (χ2n) is 6.72. The number of anilines is 1. The Morgan fingerprint density at radius 2 is 1.66 bits per heavy atom. The van der Waals surface area contributed by atoms with Crippen LogP contribution in [0.1, 0.15) is 23.6 Å². The summed E-state index contributed by atoms with van der Waals surface area (Å²) in [5.74, 6) is 0.191. The molecule has 3 aromatic rings. The zero-order chi connectivity index (χ0) is 20.6. The third kappa shape index (κ3) is 4.05. The standard InChI is InChI=1S/C21H18BrN3O3S/c22-15-7-5-14(6-8-15)19-13-20(18-3-1-2-4-21(18)26)25(24-19)16-9-11-17(12-10-16)29(23,27)28/h1-12,20,26H,13H2,(H2,23,27,28). The minimum absolute atomic E-state index is 0.0386. The molecule has 0 amide bonds. The summed E-state index contributed by atoms with van der Waals surface area (Å²) in [6.07, 6.45) is 0.593. The van der Waals surface area contributed by atoms with Crippen molar-refractivity contribution in [3.8, 4) is 5.75 Å². The number of hydrazone groups is 1. The van der Waals surface area contributed by atoms with E-state index in [9.17, 15) is 13.5 Å². The average molecular weight is 472 g/mol. The Kier molecular flexibility index (Phi) is 5.16. The molecule has 0 spiro atoms. The van der Waals surface area contributed by atoms with Gasteiger partial charge in [0.25, 0.3) is 0 Å². The van der Waals surface area contributed by atoms with E-state index in [1.54, 1.807) is 29.3 Å². The number of phenols is 1. The van der Waals surface area contributed by atoms with Crippen molar-refractivity contribution in [2.24, 2.45) is 10.2 Å². The van der Waals surface area contributed by atoms with Gasteiger partial charge < -0.3 is 5.11 Å². The van der Waals surface area contributed by atoms with Crippen LogP contribution in [0.15, 0.2) is 87.3 Å². The molecule has 6 nitrogen and oxygen atoms in total. The summed E-state index contributed by atoms with van der Waals surface area (Å²) in [7, 11) is -3.77. The van der Waals surface area contributed by atoms with Gasteiger partial charge in [-0.15, -0.1) is 0 Å². The van der Waals surface area contributed by atoms with Gasteiger partial charge in [-0.1, -0.05) is 46.3 Å². The summed E-state index contributed by atoms with van der Waals surface area (Å²) >= 11 is 3.44. The quantitative estimate of drug-likeness (QED) is 0.596.